The van der Waals surface area contributed by atoms with Gasteiger partial charge in [-0.15, -0.1) is 0 Å². The molecular formula is C10H12ClN3O7S. The number of phenolic OH excluding ortho intramolecular Hbond substituents is 1. The Morgan fingerprint density at radius 3 is 2.45 bits per heavy atom. The molecule has 0 aliphatic rings. The Labute approximate surface area is 129 Å². The highest BCUT2D eigenvalue weighted by Gasteiger charge is 2.21. The number of phenols is 1. The van der Waals surface area contributed by atoms with Crippen LogP contribution in [0.15, 0.2) is 17.0 Å². The lowest BCUT2D eigenvalue weighted by molar-refractivity contribution is -0.138. The number of carboxylic acid groups (broad SMARTS) is 1. The highest BCUT2D eigenvalue weighted by molar-refractivity contribution is 7.86. The molecule has 0 heterocycles. The number of amides is 2. The summed E-state index contributed by atoms with van der Waals surface area (Å²) in [6.07, 6.45) is 0. The van der Waals surface area contributed by atoms with Gasteiger partial charge in [-0.05, 0) is 12.1 Å². The molecule has 0 aromatic heterocycles. The normalized spacial score (nSPS) is 12.5. The van der Waals surface area contributed by atoms with Crippen LogP contribution in [0.4, 0.5) is 10.5 Å². The smallest absolute Gasteiger partial charge is 0.322 e. The maximum Gasteiger partial charge on any atom is 0.322 e. The van der Waals surface area contributed by atoms with Crippen molar-refractivity contribution in [1.82, 2.24) is 5.32 Å². The first-order valence-electron chi connectivity index (χ1n) is 5.55. The van der Waals surface area contributed by atoms with Gasteiger partial charge in [0.1, 0.15) is 10.9 Å². The molecule has 0 bridgehead atoms. The third-order valence-electron chi connectivity index (χ3n) is 2.37. The molecule has 0 saturated heterocycles. The molecule has 122 valence electrons. The second kappa shape index (κ2) is 6.79. The van der Waals surface area contributed by atoms with E-state index < -0.39 is 51.0 Å². The second-order valence-corrected chi connectivity index (χ2v) is 5.88. The molecule has 1 atom stereocenters. The predicted octanol–water partition coefficient (Wildman–Crippen LogP) is -0.174. The molecule has 1 aromatic carbocycles. The second-order valence-electron chi connectivity index (χ2n) is 4.05. The Bertz CT molecular complexity index is 707. The Balaban J connectivity index is 2.93. The Kier molecular flexibility index (Phi) is 5.54. The number of carbonyl (C=O) groups is 2. The summed E-state index contributed by atoms with van der Waals surface area (Å²) < 4.78 is 31.1. The SMILES string of the molecule is NC(CNC(=O)Nc1cc(Cl)cc(S(=O)(=O)O)c1O)C(=O)O. The van der Waals surface area contributed by atoms with Gasteiger partial charge in [-0.3, -0.25) is 9.35 Å². The van der Waals surface area contributed by atoms with Gasteiger partial charge in [0.15, 0.2) is 5.75 Å². The molecule has 1 unspecified atom stereocenters. The van der Waals surface area contributed by atoms with Crippen LogP contribution in [0.25, 0.3) is 0 Å². The fourth-order valence-electron chi connectivity index (χ4n) is 1.32. The van der Waals surface area contributed by atoms with Gasteiger partial charge >= 0.3 is 12.0 Å². The van der Waals surface area contributed by atoms with E-state index in [1.165, 1.54) is 0 Å². The number of aromatic hydroxyl groups is 1. The average Bonchev–Trinajstić information content (AvgIpc) is 2.38. The van der Waals surface area contributed by atoms with Crippen molar-refractivity contribution >= 4 is 39.4 Å². The first-order valence-corrected chi connectivity index (χ1v) is 7.37. The molecule has 1 aromatic rings. The first-order chi connectivity index (χ1) is 10.0. The highest BCUT2D eigenvalue weighted by atomic mass is 35.5. The van der Waals surface area contributed by atoms with Crippen LogP contribution in [-0.2, 0) is 14.9 Å². The van der Waals surface area contributed by atoms with E-state index in [0.29, 0.717) is 0 Å². The van der Waals surface area contributed by atoms with Gasteiger partial charge < -0.3 is 26.6 Å². The molecule has 12 heteroatoms. The minimum Gasteiger partial charge on any atom is -0.504 e. The summed E-state index contributed by atoms with van der Waals surface area (Å²) in [6.45, 7) is -0.409. The number of hydrogen-bond acceptors (Lipinski definition) is 6. The highest BCUT2D eigenvalue weighted by Crippen LogP contribution is 2.34. The molecule has 22 heavy (non-hydrogen) atoms. The number of carbonyl (C=O) groups excluding carboxylic acids is 1. The number of halogens is 1. The number of nitrogens with two attached hydrogens (primary N) is 1. The van der Waals surface area contributed by atoms with Crippen molar-refractivity contribution in [2.45, 2.75) is 10.9 Å². The van der Waals surface area contributed by atoms with Crippen LogP contribution in [0.5, 0.6) is 5.75 Å². The van der Waals surface area contributed by atoms with Crippen LogP contribution in [0.1, 0.15) is 0 Å². The van der Waals surface area contributed by atoms with E-state index in [1.54, 1.807) is 0 Å². The van der Waals surface area contributed by atoms with Crippen LogP contribution in [0, 0.1) is 0 Å². The summed E-state index contributed by atoms with van der Waals surface area (Å²) in [5.74, 6) is -2.26. The molecule has 0 spiro atoms. The molecule has 0 aliphatic carbocycles. The minimum atomic E-state index is -4.76. The van der Waals surface area contributed by atoms with Crippen molar-refractivity contribution in [2.75, 3.05) is 11.9 Å². The molecule has 0 aliphatic heterocycles. The molecular weight excluding hydrogens is 342 g/mol. The lowest BCUT2D eigenvalue weighted by atomic mass is 10.3. The van der Waals surface area contributed by atoms with Crippen LogP contribution in [-0.4, -0.2) is 47.8 Å². The van der Waals surface area contributed by atoms with Crippen LogP contribution < -0.4 is 16.4 Å². The van der Waals surface area contributed by atoms with Crippen molar-refractivity contribution in [3.05, 3.63) is 17.2 Å². The lowest BCUT2D eigenvalue weighted by Gasteiger charge is -2.12. The average molecular weight is 354 g/mol. The molecule has 7 N–H and O–H groups in total. The van der Waals surface area contributed by atoms with Crippen molar-refractivity contribution in [1.29, 1.82) is 0 Å². The molecule has 0 fully saturated rings. The minimum absolute atomic E-state index is 0.178. The standard InChI is InChI=1S/C10H12ClN3O7S/c11-4-1-6(8(15)7(2-4)22(19,20)21)14-10(18)13-3-5(12)9(16)17/h1-2,5,15H,3,12H2,(H,16,17)(H2,13,14,18)(H,19,20,21). The molecule has 1 rings (SSSR count). The topological polar surface area (TPSA) is 179 Å². The van der Waals surface area contributed by atoms with E-state index in [4.69, 9.17) is 27.0 Å². The van der Waals surface area contributed by atoms with Crippen LogP contribution in [0.3, 0.4) is 0 Å². The number of urea groups is 1. The third kappa shape index (κ3) is 4.73. The lowest BCUT2D eigenvalue weighted by Crippen LogP contribution is -2.43. The Hall–Kier alpha value is -2.08. The Morgan fingerprint density at radius 1 is 1.36 bits per heavy atom. The fraction of sp³-hybridized carbons (Fsp3) is 0.200. The van der Waals surface area contributed by atoms with Gasteiger partial charge in [-0.1, -0.05) is 11.6 Å². The number of anilines is 1. The molecule has 0 saturated carbocycles. The van der Waals surface area contributed by atoms with Gasteiger partial charge in [0, 0.05) is 11.6 Å². The summed E-state index contributed by atoms with van der Waals surface area (Å²) in [4.78, 5) is 21.1. The number of nitrogens with one attached hydrogen (secondary N) is 2. The van der Waals surface area contributed by atoms with Crippen molar-refractivity contribution in [3.8, 4) is 5.75 Å². The van der Waals surface area contributed by atoms with E-state index >= 15 is 0 Å². The zero-order valence-electron chi connectivity index (χ0n) is 10.8. The quantitative estimate of drug-likeness (QED) is 0.311. The van der Waals surface area contributed by atoms with E-state index in [0.717, 1.165) is 12.1 Å². The summed E-state index contributed by atoms with van der Waals surface area (Å²) in [5.41, 5.74) is 4.77. The zero-order valence-corrected chi connectivity index (χ0v) is 12.3. The van der Waals surface area contributed by atoms with Crippen molar-refractivity contribution < 1.29 is 32.8 Å². The van der Waals surface area contributed by atoms with Gasteiger partial charge in [-0.25, -0.2) is 4.79 Å². The summed E-state index contributed by atoms with van der Waals surface area (Å²) >= 11 is 5.62. The van der Waals surface area contributed by atoms with E-state index in [1.807, 2.05) is 5.32 Å². The van der Waals surface area contributed by atoms with Gasteiger partial charge in [0.25, 0.3) is 10.1 Å². The summed E-state index contributed by atoms with van der Waals surface area (Å²) in [7, 11) is -4.76. The van der Waals surface area contributed by atoms with Crippen molar-refractivity contribution in [3.63, 3.8) is 0 Å². The predicted molar refractivity (Wildman–Crippen MR) is 75.6 cm³/mol. The number of rotatable bonds is 5. The van der Waals surface area contributed by atoms with Gasteiger partial charge in [-0.2, -0.15) is 8.42 Å². The Morgan fingerprint density at radius 2 is 1.95 bits per heavy atom. The fourth-order valence-corrected chi connectivity index (χ4v) is 2.24. The molecule has 0 radical (unpaired) electrons. The summed E-state index contributed by atoms with van der Waals surface area (Å²) in [5, 5.41) is 22.2. The third-order valence-corrected chi connectivity index (χ3v) is 3.45. The summed E-state index contributed by atoms with van der Waals surface area (Å²) in [6, 6.07) is -0.486. The monoisotopic (exact) mass is 353 g/mol. The first kappa shape index (κ1) is 18.0. The number of benzene rings is 1. The van der Waals surface area contributed by atoms with E-state index in [-0.39, 0.29) is 5.02 Å². The van der Waals surface area contributed by atoms with Gasteiger partial charge in [0.2, 0.25) is 0 Å². The maximum atomic E-state index is 11.5. The van der Waals surface area contributed by atoms with Crippen LogP contribution >= 0.6 is 11.6 Å². The van der Waals surface area contributed by atoms with Crippen LogP contribution in [0.2, 0.25) is 5.02 Å². The number of hydrogen-bond donors (Lipinski definition) is 6. The number of carboxylic acids is 1. The largest absolute Gasteiger partial charge is 0.504 e. The number of aliphatic carboxylic acids is 1. The van der Waals surface area contributed by atoms with E-state index in [2.05, 4.69) is 5.32 Å². The molecule has 2 amide bonds. The maximum absolute atomic E-state index is 11.5. The van der Waals surface area contributed by atoms with Crippen molar-refractivity contribution in [2.24, 2.45) is 5.73 Å². The van der Waals surface area contributed by atoms with E-state index in [9.17, 15) is 23.1 Å². The zero-order chi connectivity index (χ0) is 17.1. The van der Waals surface area contributed by atoms with Gasteiger partial charge in [0.05, 0.1) is 5.69 Å². The molecule has 10 nitrogen and oxygen atoms in total.